The zero-order chi connectivity index (χ0) is 16.9. The largest absolute Gasteiger partial charge is 0.493 e. The van der Waals surface area contributed by atoms with Crippen molar-refractivity contribution in [1.82, 2.24) is 5.32 Å². The Bertz CT molecular complexity index is 715. The quantitative estimate of drug-likeness (QED) is 0.855. The molecule has 1 atom stereocenters. The molecule has 0 fully saturated rings. The molecule has 5 nitrogen and oxygen atoms in total. The van der Waals surface area contributed by atoms with Crippen LogP contribution in [0.5, 0.6) is 11.5 Å². The molecule has 2 aromatic carbocycles. The van der Waals surface area contributed by atoms with E-state index < -0.39 is 0 Å². The molecule has 0 aromatic heterocycles. The summed E-state index contributed by atoms with van der Waals surface area (Å²) in [6.07, 6.45) is 0.581. The van der Waals surface area contributed by atoms with Gasteiger partial charge in [-0.25, -0.2) is 0 Å². The first-order chi connectivity index (χ1) is 11.7. The van der Waals surface area contributed by atoms with Crippen LogP contribution in [0.15, 0.2) is 42.5 Å². The van der Waals surface area contributed by atoms with Crippen LogP contribution in [0.4, 0.5) is 0 Å². The van der Waals surface area contributed by atoms with Crippen molar-refractivity contribution in [2.45, 2.75) is 25.6 Å². The van der Waals surface area contributed by atoms with Crippen molar-refractivity contribution in [2.24, 2.45) is 0 Å². The average molecular weight is 327 g/mol. The van der Waals surface area contributed by atoms with E-state index in [1.807, 2.05) is 42.5 Å². The van der Waals surface area contributed by atoms with Gasteiger partial charge in [0.1, 0.15) is 12.6 Å². The van der Waals surface area contributed by atoms with E-state index in [2.05, 4.69) is 5.32 Å². The van der Waals surface area contributed by atoms with Crippen LogP contribution >= 0.6 is 0 Å². The highest BCUT2D eigenvalue weighted by atomic mass is 16.5. The Morgan fingerprint density at radius 3 is 2.58 bits per heavy atom. The third kappa shape index (κ3) is 3.51. The van der Waals surface area contributed by atoms with E-state index in [1.54, 1.807) is 7.11 Å². The van der Waals surface area contributed by atoms with Crippen molar-refractivity contribution in [3.05, 3.63) is 59.2 Å². The van der Waals surface area contributed by atoms with Gasteiger partial charge in [-0.2, -0.15) is 0 Å². The van der Waals surface area contributed by atoms with Crippen LogP contribution < -0.4 is 14.8 Å². The van der Waals surface area contributed by atoms with Gasteiger partial charge in [-0.1, -0.05) is 30.3 Å². The smallest absolute Gasteiger partial charge is 0.323 e. The zero-order valence-corrected chi connectivity index (χ0v) is 13.9. The third-order valence-electron chi connectivity index (χ3n) is 4.17. The number of methoxy groups -OCH3 is 2. The number of carbonyl (C=O) groups is 1. The minimum atomic E-state index is -0.316. The predicted molar refractivity (Wildman–Crippen MR) is 90.1 cm³/mol. The minimum Gasteiger partial charge on any atom is -0.493 e. The Balaban J connectivity index is 1.78. The molecule has 1 aliphatic heterocycles. The van der Waals surface area contributed by atoms with Gasteiger partial charge in [-0.05, 0) is 35.2 Å². The maximum absolute atomic E-state index is 11.7. The minimum absolute atomic E-state index is 0.246. The topological polar surface area (TPSA) is 56.8 Å². The van der Waals surface area contributed by atoms with E-state index in [4.69, 9.17) is 14.2 Å². The molecule has 126 valence electrons. The van der Waals surface area contributed by atoms with Crippen LogP contribution in [0.3, 0.4) is 0 Å². The highest BCUT2D eigenvalue weighted by Gasteiger charge is 2.26. The van der Waals surface area contributed by atoms with Crippen molar-refractivity contribution in [3.8, 4) is 11.5 Å². The Kier molecular flexibility index (Phi) is 5.01. The molecule has 0 saturated heterocycles. The number of hydrogen-bond acceptors (Lipinski definition) is 5. The number of ether oxygens (including phenoxy) is 3. The molecule has 2 aromatic rings. The lowest BCUT2D eigenvalue weighted by Crippen LogP contribution is -2.42. The number of fused-ring (bicyclic) bond motifs is 1. The molecular weight excluding hydrogens is 306 g/mol. The highest BCUT2D eigenvalue weighted by Crippen LogP contribution is 2.33. The van der Waals surface area contributed by atoms with E-state index >= 15 is 0 Å². The van der Waals surface area contributed by atoms with Gasteiger partial charge in [0.25, 0.3) is 0 Å². The van der Waals surface area contributed by atoms with E-state index in [9.17, 15) is 4.79 Å². The summed E-state index contributed by atoms with van der Waals surface area (Å²) in [6.45, 7) is 1.08. The number of hydrogen-bond donors (Lipinski definition) is 1. The molecular formula is C19H21NO4. The van der Waals surface area contributed by atoms with Gasteiger partial charge in [-0.15, -0.1) is 0 Å². The van der Waals surface area contributed by atoms with Gasteiger partial charge in [0.15, 0.2) is 11.5 Å². The van der Waals surface area contributed by atoms with Gasteiger partial charge >= 0.3 is 5.97 Å². The molecule has 0 saturated carbocycles. The summed E-state index contributed by atoms with van der Waals surface area (Å²) < 4.78 is 16.2. The van der Waals surface area contributed by atoms with Crippen LogP contribution in [0, 0.1) is 0 Å². The first-order valence-electron chi connectivity index (χ1n) is 7.89. The van der Waals surface area contributed by atoms with Crippen molar-refractivity contribution < 1.29 is 19.0 Å². The second-order valence-corrected chi connectivity index (χ2v) is 5.71. The van der Waals surface area contributed by atoms with Gasteiger partial charge in [-0.3, -0.25) is 4.79 Å². The fraction of sp³-hybridized carbons (Fsp3) is 0.316. The molecule has 0 radical (unpaired) electrons. The summed E-state index contributed by atoms with van der Waals surface area (Å²) in [5.74, 6) is 1.14. The summed E-state index contributed by atoms with van der Waals surface area (Å²) in [7, 11) is 3.02. The first kappa shape index (κ1) is 16.3. The van der Waals surface area contributed by atoms with Gasteiger partial charge in [0.2, 0.25) is 0 Å². The van der Waals surface area contributed by atoms with Gasteiger partial charge in [0, 0.05) is 6.54 Å². The van der Waals surface area contributed by atoms with E-state index in [0.29, 0.717) is 31.1 Å². The Labute approximate surface area is 141 Å². The highest BCUT2D eigenvalue weighted by molar-refractivity contribution is 5.76. The van der Waals surface area contributed by atoms with Crippen molar-refractivity contribution >= 4 is 5.97 Å². The van der Waals surface area contributed by atoms with E-state index in [1.165, 1.54) is 7.11 Å². The monoisotopic (exact) mass is 327 g/mol. The molecule has 24 heavy (non-hydrogen) atoms. The van der Waals surface area contributed by atoms with E-state index in [-0.39, 0.29) is 12.0 Å². The van der Waals surface area contributed by atoms with Crippen LogP contribution in [-0.2, 0) is 29.1 Å². The Morgan fingerprint density at radius 2 is 1.88 bits per heavy atom. The molecule has 0 bridgehead atoms. The lowest BCUT2D eigenvalue weighted by Gasteiger charge is -2.25. The molecule has 1 unspecified atom stereocenters. The first-order valence-corrected chi connectivity index (χ1v) is 7.89. The van der Waals surface area contributed by atoms with Crippen LogP contribution in [0.25, 0.3) is 0 Å². The molecule has 0 amide bonds. The molecule has 1 aliphatic rings. The molecule has 5 heteroatoms. The molecule has 1 N–H and O–H groups in total. The van der Waals surface area contributed by atoms with E-state index in [0.717, 1.165) is 16.7 Å². The summed E-state index contributed by atoms with van der Waals surface area (Å²) in [5, 5.41) is 3.19. The fourth-order valence-corrected chi connectivity index (χ4v) is 2.84. The second-order valence-electron chi connectivity index (χ2n) is 5.71. The number of benzene rings is 2. The average Bonchev–Trinajstić information content (AvgIpc) is 2.65. The van der Waals surface area contributed by atoms with Crippen molar-refractivity contribution in [3.63, 3.8) is 0 Å². The van der Waals surface area contributed by atoms with Crippen LogP contribution in [-0.4, -0.2) is 26.2 Å². The summed E-state index contributed by atoms with van der Waals surface area (Å²) in [4.78, 5) is 11.7. The Hall–Kier alpha value is -2.53. The molecule has 0 aliphatic carbocycles. The van der Waals surface area contributed by atoms with Gasteiger partial charge in [0.05, 0.1) is 14.2 Å². The SMILES string of the molecule is COC(=O)C1Cc2cc(OC)c(OCc3ccccc3)cc2CN1. The van der Waals surface area contributed by atoms with Crippen molar-refractivity contribution in [2.75, 3.05) is 14.2 Å². The third-order valence-corrected chi connectivity index (χ3v) is 4.17. The number of nitrogens with one attached hydrogen (secondary N) is 1. The second kappa shape index (κ2) is 7.36. The summed E-state index contributed by atoms with van der Waals surface area (Å²) in [6, 6.07) is 13.6. The van der Waals surface area contributed by atoms with Crippen LogP contribution in [0.2, 0.25) is 0 Å². The summed E-state index contributed by atoms with van der Waals surface area (Å²) in [5.41, 5.74) is 3.29. The molecule has 0 spiro atoms. The number of esters is 1. The molecule has 1 heterocycles. The van der Waals surface area contributed by atoms with Gasteiger partial charge < -0.3 is 19.5 Å². The maximum atomic E-state index is 11.7. The lowest BCUT2D eigenvalue weighted by atomic mass is 9.95. The summed E-state index contributed by atoms with van der Waals surface area (Å²) >= 11 is 0. The standard InChI is InChI=1S/C19H21NO4/c1-22-17-9-14-8-16(19(21)23-2)20-11-15(14)10-18(17)24-12-13-6-4-3-5-7-13/h3-7,9-10,16,20H,8,11-12H2,1-2H3. The number of carbonyl (C=O) groups excluding carboxylic acids is 1. The fourth-order valence-electron chi connectivity index (χ4n) is 2.84. The number of rotatable bonds is 5. The van der Waals surface area contributed by atoms with Crippen molar-refractivity contribution in [1.29, 1.82) is 0 Å². The lowest BCUT2D eigenvalue weighted by molar-refractivity contribution is -0.143. The maximum Gasteiger partial charge on any atom is 0.323 e. The molecule has 3 rings (SSSR count). The van der Waals surface area contributed by atoms with Crippen LogP contribution in [0.1, 0.15) is 16.7 Å². The zero-order valence-electron chi connectivity index (χ0n) is 13.9. The Morgan fingerprint density at radius 1 is 1.12 bits per heavy atom. The predicted octanol–water partition coefficient (Wildman–Crippen LogP) is 2.46. The normalized spacial score (nSPS) is 16.2.